The number of halogens is 2. The van der Waals surface area contributed by atoms with Crippen molar-refractivity contribution in [3.05, 3.63) is 36.7 Å². The lowest BCUT2D eigenvalue weighted by Gasteiger charge is -2.05. The van der Waals surface area contributed by atoms with Gasteiger partial charge < -0.3 is 15.6 Å². The minimum absolute atomic E-state index is 0. The predicted molar refractivity (Wildman–Crippen MR) is 90.3 cm³/mol. The largest absolute Gasteiger partial charge is 0.345 e. The van der Waals surface area contributed by atoms with Crippen LogP contribution >= 0.6 is 24.8 Å². The van der Waals surface area contributed by atoms with Crippen molar-refractivity contribution >= 4 is 36.4 Å². The monoisotopic (exact) mass is 330 g/mol. The van der Waals surface area contributed by atoms with Gasteiger partial charge in [0.15, 0.2) is 0 Å². The van der Waals surface area contributed by atoms with Gasteiger partial charge in [-0.15, -0.1) is 24.8 Å². The number of nitrogens with zero attached hydrogens (tertiary/aromatic N) is 1. The number of hydrogen-bond acceptors (Lipinski definition) is 3. The van der Waals surface area contributed by atoms with Crippen LogP contribution in [0.3, 0.4) is 0 Å². The summed E-state index contributed by atoms with van der Waals surface area (Å²) in [5.41, 5.74) is 1.81. The number of aromatic nitrogens is 2. The first-order valence-electron chi connectivity index (χ1n) is 6.34. The molecule has 0 fully saturated rings. The first kappa shape index (κ1) is 19.4. The van der Waals surface area contributed by atoms with E-state index in [-0.39, 0.29) is 30.7 Å². The Balaban J connectivity index is 0.00000200. The number of hydrogen-bond donors (Lipinski definition) is 3. The minimum atomic E-state index is 0. The molecular weight excluding hydrogens is 311 g/mol. The van der Waals surface area contributed by atoms with Gasteiger partial charge in [-0.3, -0.25) is 4.79 Å². The Morgan fingerprint density at radius 2 is 1.95 bits per heavy atom. The maximum Gasteiger partial charge on any atom is 0.224 e. The summed E-state index contributed by atoms with van der Waals surface area (Å²) in [6.45, 7) is 0.852. The number of imidazole rings is 1. The second-order valence-corrected chi connectivity index (χ2v) is 4.27. The van der Waals surface area contributed by atoms with Crippen LogP contribution in [0.25, 0.3) is 11.4 Å². The Morgan fingerprint density at radius 3 is 2.52 bits per heavy atom. The van der Waals surface area contributed by atoms with Crippen LogP contribution < -0.4 is 10.6 Å². The SMILES string of the molecule is CNCCCC(=O)Nc1ccc(-c2ncc[nH]2)cc1.Cl.Cl. The highest BCUT2D eigenvalue weighted by atomic mass is 35.5. The van der Waals surface area contributed by atoms with Crippen LogP contribution in [0.5, 0.6) is 0 Å². The minimum Gasteiger partial charge on any atom is -0.345 e. The number of carbonyl (C=O) groups excluding carboxylic acids is 1. The van der Waals surface area contributed by atoms with Crippen molar-refractivity contribution in [3.63, 3.8) is 0 Å². The third kappa shape index (κ3) is 6.16. The molecular formula is C14H20Cl2N4O. The van der Waals surface area contributed by atoms with Crippen LogP contribution in [0.1, 0.15) is 12.8 Å². The van der Waals surface area contributed by atoms with Crippen molar-refractivity contribution in [1.82, 2.24) is 15.3 Å². The van der Waals surface area contributed by atoms with Crippen LogP contribution in [-0.2, 0) is 4.79 Å². The molecule has 0 spiro atoms. The molecule has 0 aliphatic carbocycles. The van der Waals surface area contributed by atoms with Crippen LogP contribution in [0.15, 0.2) is 36.7 Å². The van der Waals surface area contributed by atoms with E-state index in [9.17, 15) is 4.79 Å². The van der Waals surface area contributed by atoms with Crippen molar-refractivity contribution in [3.8, 4) is 11.4 Å². The van der Waals surface area contributed by atoms with E-state index in [2.05, 4.69) is 20.6 Å². The quantitative estimate of drug-likeness (QED) is 0.713. The number of rotatable bonds is 6. The van der Waals surface area contributed by atoms with E-state index in [4.69, 9.17) is 0 Å². The lowest BCUT2D eigenvalue weighted by Crippen LogP contribution is -2.15. The summed E-state index contributed by atoms with van der Waals surface area (Å²) in [6, 6.07) is 7.63. The predicted octanol–water partition coefficient (Wildman–Crippen LogP) is 2.86. The fourth-order valence-electron chi connectivity index (χ4n) is 1.78. The lowest BCUT2D eigenvalue weighted by molar-refractivity contribution is -0.116. The Kier molecular flexibility index (Phi) is 9.45. The smallest absolute Gasteiger partial charge is 0.224 e. The van der Waals surface area contributed by atoms with E-state index in [0.717, 1.165) is 30.0 Å². The molecule has 116 valence electrons. The van der Waals surface area contributed by atoms with Gasteiger partial charge in [-0.2, -0.15) is 0 Å². The molecule has 1 heterocycles. The summed E-state index contributed by atoms with van der Waals surface area (Å²) in [7, 11) is 1.88. The second-order valence-electron chi connectivity index (χ2n) is 4.27. The normalized spacial score (nSPS) is 9.38. The number of aromatic amines is 1. The Labute approximate surface area is 136 Å². The summed E-state index contributed by atoms with van der Waals surface area (Å²) in [5.74, 6) is 0.868. The van der Waals surface area contributed by atoms with E-state index in [1.54, 1.807) is 12.4 Å². The molecule has 0 aliphatic rings. The van der Waals surface area contributed by atoms with Gasteiger partial charge in [-0.1, -0.05) is 0 Å². The molecule has 2 aromatic rings. The molecule has 3 N–H and O–H groups in total. The summed E-state index contributed by atoms with van der Waals surface area (Å²) < 4.78 is 0. The zero-order valence-corrected chi connectivity index (χ0v) is 13.4. The van der Waals surface area contributed by atoms with Crippen molar-refractivity contribution in [1.29, 1.82) is 0 Å². The van der Waals surface area contributed by atoms with Crippen LogP contribution in [-0.4, -0.2) is 29.5 Å². The van der Waals surface area contributed by atoms with E-state index in [1.807, 2.05) is 31.3 Å². The average Bonchev–Trinajstić information content (AvgIpc) is 2.94. The Bertz CT molecular complexity index is 514. The third-order valence-corrected chi connectivity index (χ3v) is 2.77. The lowest BCUT2D eigenvalue weighted by atomic mass is 10.2. The highest BCUT2D eigenvalue weighted by Crippen LogP contribution is 2.17. The standard InChI is InChI=1S/C14H18N4O.2ClH/c1-15-8-2-3-13(19)18-12-6-4-11(5-7-12)14-16-9-10-17-14;;/h4-7,9-10,15H,2-3,8H2,1H3,(H,16,17)(H,18,19);2*1H. The van der Waals surface area contributed by atoms with Crippen LogP contribution in [0.4, 0.5) is 5.69 Å². The van der Waals surface area contributed by atoms with Crippen molar-refractivity contribution in [2.75, 3.05) is 18.9 Å². The molecule has 0 radical (unpaired) electrons. The molecule has 0 saturated carbocycles. The summed E-state index contributed by atoms with van der Waals surface area (Å²) in [4.78, 5) is 18.9. The first-order chi connectivity index (χ1) is 9.29. The fraction of sp³-hybridized carbons (Fsp3) is 0.286. The number of nitrogens with one attached hydrogen (secondary N) is 3. The topological polar surface area (TPSA) is 69.8 Å². The van der Waals surface area contributed by atoms with Crippen molar-refractivity contribution < 1.29 is 4.79 Å². The van der Waals surface area contributed by atoms with Gasteiger partial charge in [0.25, 0.3) is 0 Å². The van der Waals surface area contributed by atoms with Gasteiger partial charge in [0.1, 0.15) is 5.82 Å². The van der Waals surface area contributed by atoms with Gasteiger partial charge in [0, 0.05) is 30.1 Å². The van der Waals surface area contributed by atoms with Gasteiger partial charge in [0.05, 0.1) is 0 Å². The highest BCUT2D eigenvalue weighted by Gasteiger charge is 2.03. The van der Waals surface area contributed by atoms with Gasteiger partial charge in [0.2, 0.25) is 5.91 Å². The van der Waals surface area contributed by atoms with E-state index < -0.39 is 0 Å². The molecule has 21 heavy (non-hydrogen) atoms. The van der Waals surface area contributed by atoms with Crippen LogP contribution in [0, 0.1) is 0 Å². The molecule has 0 unspecified atom stereocenters. The van der Waals surface area contributed by atoms with Gasteiger partial charge in [-0.05, 0) is 44.3 Å². The van der Waals surface area contributed by atoms with Gasteiger partial charge in [-0.25, -0.2) is 4.98 Å². The van der Waals surface area contributed by atoms with E-state index in [1.165, 1.54) is 0 Å². The molecule has 5 nitrogen and oxygen atoms in total. The molecule has 7 heteroatoms. The first-order valence-corrected chi connectivity index (χ1v) is 6.34. The summed E-state index contributed by atoms with van der Waals surface area (Å²) >= 11 is 0. The Morgan fingerprint density at radius 1 is 1.24 bits per heavy atom. The molecule has 1 amide bonds. The molecule has 0 aliphatic heterocycles. The third-order valence-electron chi connectivity index (χ3n) is 2.77. The summed E-state index contributed by atoms with van der Waals surface area (Å²) in [5, 5.41) is 5.90. The number of carbonyl (C=O) groups is 1. The molecule has 0 saturated heterocycles. The number of benzene rings is 1. The second kappa shape index (κ2) is 10.2. The average molecular weight is 331 g/mol. The molecule has 0 bridgehead atoms. The number of amides is 1. The Hall–Kier alpha value is -1.56. The maximum absolute atomic E-state index is 11.6. The van der Waals surface area contributed by atoms with Crippen LogP contribution in [0.2, 0.25) is 0 Å². The van der Waals surface area contributed by atoms with Crippen molar-refractivity contribution in [2.24, 2.45) is 0 Å². The zero-order chi connectivity index (χ0) is 13.5. The molecule has 0 atom stereocenters. The van der Waals surface area contributed by atoms with Gasteiger partial charge >= 0.3 is 0 Å². The van der Waals surface area contributed by atoms with Crippen molar-refractivity contribution in [2.45, 2.75) is 12.8 Å². The maximum atomic E-state index is 11.6. The molecule has 2 rings (SSSR count). The molecule has 1 aromatic carbocycles. The number of H-pyrrole nitrogens is 1. The highest BCUT2D eigenvalue weighted by molar-refractivity contribution is 5.90. The van der Waals surface area contributed by atoms with E-state index >= 15 is 0 Å². The molecule has 1 aromatic heterocycles. The fourth-order valence-corrected chi connectivity index (χ4v) is 1.78. The zero-order valence-electron chi connectivity index (χ0n) is 11.8. The van der Waals surface area contributed by atoms with E-state index in [0.29, 0.717) is 6.42 Å². The number of anilines is 1. The summed E-state index contributed by atoms with van der Waals surface area (Å²) in [6.07, 6.45) is 4.87.